The molecule has 0 rings (SSSR count). The lowest BCUT2D eigenvalue weighted by Gasteiger charge is -2.12. The Morgan fingerprint density at radius 2 is 1.93 bits per heavy atom. The first-order chi connectivity index (χ1) is 7.04. The first-order valence-electron chi connectivity index (χ1n) is 5.63. The summed E-state index contributed by atoms with van der Waals surface area (Å²) in [4.78, 5) is 11.7. The first-order valence-corrected chi connectivity index (χ1v) is 5.63. The van der Waals surface area contributed by atoms with E-state index >= 15 is 0 Å². The lowest BCUT2D eigenvalue weighted by Crippen LogP contribution is -2.33. The van der Waals surface area contributed by atoms with Gasteiger partial charge in [-0.05, 0) is 32.3 Å². The van der Waals surface area contributed by atoms with E-state index in [4.69, 9.17) is 5.41 Å². The van der Waals surface area contributed by atoms with Gasteiger partial charge in [-0.3, -0.25) is 4.79 Å². The Morgan fingerprint density at radius 1 is 1.33 bits per heavy atom. The molecule has 0 aliphatic rings. The molecule has 3 heteroatoms. The van der Waals surface area contributed by atoms with Crippen LogP contribution in [0.3, 0.4) is 0 Å². The highest BCUT2D eigenvalue weighted by Crippen LogP contribution is 2.03. The van der Waals surface area contributed by atoms with Gasteiger partial charge in [0.25, 0.3) is 0 Å². The summed E-state index contributed by atoms with van der Waals surface area (Å²) in [7, 11) is 0. The Morgan fingerprint density at radius 3 is 2.33 bits per heavy atom. The second kappa shape index (κ2) is 7.21. The maximum Gasteiger partial charge on any atom is 0.247 e. The molecule has 0 bridgehead atoms. The van der Waals surface area contributed by atoms with Gasteiger partial charge in [-0.1, -0.05) is 20.8 Å². The number of carbonyl (C=O) groups excluding carboxylic acids is 1. The van der Waals surface area contributed by atoms with Gasteiger partial charge in [0.15, 0.2) is 0 Å². The number of hydrogen-bond donors (Lipinski definition) is 2. The zero-order valence-corrected chi connectivity index (χ0v) is 10.2. The number of amides is 1. The van der Waals surface area contributed by atoms with Gasteiger partial charge in [0.2, 0.25) is 5.91 Å². The van der Waals surface area contributed by atoms with Crippen molar-refractivity contribution in [2.45, 2.75) is 53.0 Å². The van der Waals surface area contributed by atoms with Gasteiger partial charge in [0.05, 0.1) is 0 Å². The number of carbonyl (C=O) groups is 1. The summed E-state index contributed by atoms with van der Waals surface area (Å²) < 4.78 is 0. The molecule has 0 aliphatic carbocycles. The highest BCUT2D eigenvalue weighted by Gasteiger charge is 2.09. The fraction of sp³-hybridized carbons (Fsp3) is 0.667. The maximum atomic E-state index is 11.7. The van der Waals surface area contributed by atoms with E-state index in [2.05, 4.69) is 5.32 Å². The van der Waals surface area contributed by atoms with Crippen LogP contribution in [-0.4, -0.2) is 17.7 Å². The fourth-order valence-corrected chi connectivity index (χ4v) is 1.06. The van der Waals surface area contributed by atoms with Crippen LogP contribution >= 0.6 is 0 Å². The Kier molecular flexibility index (Phi) is 6.67. The highest BCUT2D eigenvalue weighted by atomic mass is 16.1. The normalized spacial score (nSPS) is 13.5. The topological polar surface area (TPSA) is 53.0 Å². The molecule has 0 radical (unpaired) electrons. The molecule has 15 heavy (non-hydrogen) atoms. The van der Waals surface area contributed by atoms with Gasteiger partial charge in [0, 0.05) is 17.3 Å². The van der Waals surface area contributed by atoms with Gasteiger partial charge >= 0.3 is 0 Å². The molecule has 0 spiro atoms. The summed E-state index contributed by atoms with van der Waals surface area (Å²) in [5.74, 6) is -0.0370. The van der Waals surface area contributed by atoms with Crippen molar-refractivity contribution in [1.29, 1.82) is 5.41 Å². The molecule has 1 atom stereocenters. The van der Waals surface area contributed by atoms with Crippen molar-refractivity contribution >= 4 is 11.6 Å². The van der Waals surface area contributed by atoms with Crippen LogP contribution in [0.5, 0.6) is 0 Å². The molecule has 0 fully saturated rings. The van der Waals surface area contributed by atoms with Crippen LogP contribution in [0.4, 0.5) is 0 Å². The average Bonchev–Trinajstić information content (AvgIpc) is 2.24. The van der Waals surface area contributed by atoms with Gasteiger partial charge in [-0.2, -0.15) is 0 Å². The van der Waals surface area contributed by atoms with Gasteiger partial charge in [0.1, 0.15) is 0 Å². The number of rotatable bonds is 6. The Balaban J connectivity index is 4.47. The van der Waals surface area contributed by atoms with Crippen LogP contribution in [0.15, 0.2) is 11.6 Å². The van der Waals surface area contributed by atoms with Crippen LogP contribution in [0.25, 0.3) is 0 Å². The van der Waals surface area contributed by atoms with Gasteiger partial charge < -0.3 is 10.7 Å². The SMILES string of the molecule is CCC(=N)/C=C(\CC)C(=O)NC(C)CC. The molecule has 0 aromatic carbocycles. The van der Waals surface area contributed by atoms with E-state index in [0.29, 0.717) is 24.1 Å². The smallest absolute Gasteiger partial charge is 0.247 e. The van der Waals surface area contributed by atoms with Crippen molar-refractivity contribution in [2.75, 3.05) is 0 Å². The molecule has 86 valence electrons. The standard InChI is InChI=1S/C12H22N2O/c1-5-9(4)14-12(15)10(6-2)8-11(13)7-3/h8-9,13H,5-7H2,1-4H3,(H,14,15)/b10-8+,13-11?. The van der Waals surface area contributed by atoms with Crippen molar-refractivity contribution < 1.29 is 4.79 Å². The predicted molar refractivity (Wildman–Crippen MR) is 64.3 cm³/mol. The van der Waals surface area contributed by atoms with E-state index < -0.39 is 0 Å². The predicted octanol–water partition coefficient (Wildman–Crippen LogP) is 2.67. The van der Waals surface area contributed by atoms with E-state index in [9.17, 15) is 4.79 Å². The van der Waals surface area contributed by atoms with Crippen molar-refractivity contribution in [3.8, 4) is 0 Å². The molecule has 1 unspecified atom stereocenters. The van der Waals surface area contributed by atoms with E-state index in [0.717, 1.165) is 6.42 Å². The van der Waals surface area contributed by atoms with Crippen molar-refractivity contribution in [1.82, 2.24) is 5.32 Å². The zero-order valence-electron chi connectivity index (χ0n) is 10.2. The third-order valence-corrected chi connectivity index (χ3v) is 2.39. The number of allylic oxidation sites excluding steroid dienone is 1. The molecule has 2 N–H and O–H groups in total. The Bertz CT molecular complexity index is 256. The van der Waals surface area contributed by atoms with E-state index in [1.54, 1.807) is 6.08 Å². The van der Waals surface area contributed by atoms with Crippen LogP contribution in [0, 0.1) is 5.41 Å². The van der Waals surface area contributed by atoms with E-state index in [1.807, 2.05) is 27.7 Å². The molecule has 0 aromatic heterocycles. The van der Waals surface area contributed by atoms with Crippen molar-refractivity contribution in [2.24, 2.45) is 0 Å². The average molecular weight is 210 g/mol. The fourth-order valence-electron chi connectivity index (χ4n) is 1.06. The first kappa shape index (κ1) is 13.9. The van der Waals surface area contributed by atoms with Crippen molar-refractivity contribution in [3.05, 3.63) is 11.6 Å². The molecule has 0 saturated carbocycles. The third kappa shape index (κ3) is 5.35. The molecule has 0 heterocycles. The Hall–Kier alpha value is -1.12. The summed E-state index contributed by atoms with van der Waals surface area (Å²) in [6.45, 7) is 7.87. The van der Waals surface area contributed by atoms with Crippen LogP contribution < -0.4 is 5.32 Å². The highest BCUT2D eigenvalue weighted by molar-refractivity contribution is 6.02. The molecule has 0 aliphatic heterocycles. The molecule has 1 amide bonds. The second-order valence-corrected chi connectivity index (χ2v) is 3.68. The van der Waals surface area contributed by atoms with Crippen LogP contribution in [0.2, 0.25) is 0 Å². The zero-order chi connectivity index (χ0) is 11.8. The summed E-state index contributed by atoms with van der Waals surface area (Å²) >= 11 is 0. The minimum Gasteiger partial charge on any atom is -0.350 e. The number of hydrogen-bond acceptors (Lipinski definition) is 2. The molecule has 0 saturated heterocycles. The summed E-state index contributed by atoms with van der Waals surface area (Å²) in [5, 5.41) is 10.4. The van der Waals surface area contributed by atoms with Crippen LogP contribution in [0.1, 0.15) is 47.0 Å². The number of nitrogens with one attached hydrogen (secondary N) is 2. The Labute approximate surface area is 92.5 Å². The van der Waals surface area contributed by atoms with Gasteiger partial charge in [-0.25, -0.2) is 0 Å². The summed E-state index contributed by atoms with van der Waals surface area (Å²) in [6.07, 6.45) is 3.94. The monoisotopic (exact) mass is 210 g/mol. The summed E-state index contributed by atoms with van der Waals surface area (Å²) in [5.41, 5.74) is 1.20. The largest absolute Gasteiger partial charge is 0.350 e. The lowest BCUT2D eigenvalue weighted by molar-refractivity contribution is -0.118. The quantitative estimate of drug-likeness (QED) is 0.514. The van der Waals surface area contributed by atoms with Gasteiger partial charge in [-0.15, -0.1) is 0 Å². The lowest BCUT2D eigenvalue weighted by atomic mass is 10.1. The molecule has 3 nitrogen and oxygen atoms in total. The minimum absolute atomic E-state index is 0.0370. The molecular weight excluding hydrogens is 188 g/mol. The van der Waals surface area contributed by atoms with E-state index in [-0.39, 0.29) is 11.9 Å². The van der Waals surface area contributed by atoms with Crippen molar-refractivity contribution in [3.63, 3.8) is 0 Å². The summed E-state index contributed by atoms with van der Waals surface area (Å²) in [6, 6.07) is 0.197. The maximum absolute atomic E-state index is 11.7. The second-order valence-electron chi connectivity index (χ2n) is 3.68. The van der Waals surface area contributed by atoms with Crippen LogP contribution in [-0.2, 0) is 4.79 Å². The minimum atomic E-state index is -0.0370. The van der Waals surface area contributed by atoms with E-state index in [1.165, 1.54) is 0 Å². The third-order valence-electron chi connectivity index (χ3n) is 2.39. The molecular formula is C12H22N2O. The molecule has 0 aromatic rings.